The molecule has 0 aliphatic carbocycles. The molecule has 0 unspecified atom stereocenters. The van der Waals surface area contributed by atoms with Crippen LogP contribution < -0.4 is 0 Å². The summed E-state index contributed by atoms with van der Waals surface area (Å²) in [5, 5.41) is 0. The molecule has 0 aromatic heterocycles. The number of benzene rings is 2. The van der Waals surface area contributed by atoms with Gasteiger partial charge in [-0.25, -0.2) is 0 Å². The van der Waals surface area contributed by atoms with Gasteiger partial charge in [0.1, 0.15) is 0 Å². The third-order valence-electron chi connectivity index (χ3n) is 5.23. The predicted molar refractivity (Wildman–Crippen MR) is 87.5 cm³/mol. The molecule has 4 rings (SSSR count). The summed E-state index contributed by atoms with van der Waals surface area (Å²) in [4.78, 5) is 2.71. The van der Waals surface area contributed by atoms with Crippen LogP contribution in [0.5, 0.6) is 0 Å². The van der Waals surface area contributed by atoms with Gasteiger partial charge >= 0.3 is 0 Å². The SMILES string of the molecule is c1ccc([C@H]2CCCN3CCC[C@@H]3c3ccccc32)cc1. The summed E-state index contributed by atoms with van der Waals surface area (Å²) in [5.41, 5.74) is 4.64. The van der Waals surface area contributed by atoms with Gasteiger partial charge in [0.05, 0.1) is 0 Å². The lowest BCUT2D eigenvalue weighted by atomic mass is 9.81. The Hall–Kier alpha value is -1.60. The number of rotatable bonds is 1. The Kier molecular flexibility index (Phi) is 3.52. The molecule has 108 valence electrons. The molecule has 2 aliphatic rings. The van der Waals surface area contributed by atoms with E-state index in [0.29, 0.717) is 12.0 Å². The van der Waals surface area contributed by atoms with Crippen LogP contribution in [0.1, 0.15) is 54.3 Å². The molecule has 0 spiro atoms. The van der Waals surface area contributed by atoms with Crippen molar-refractivity contribution in [2.24, 2.45) is 0 Å². The highest BCUT2D eigenvalue weighted by molar-refractivity contribution is 5.40. The molecule has 1 nitrogen and oxygen atoms in total. The minimum Gasteiger partial charge on any atom is -0.296 e. The molecule has 2 aliphatic heterocycles. The van der Waals surface area contributed by atoms with E-state index in [1.807, 2.05) is 0 Å². The summed E-state index contributed by atoms with van der Waals surface area (Å²) in [6.07, 6.45) is 5.27. The van der Waals surface area contributed by atoms with Gasteiger partial charge in [-0.15, -0.1) is 0 Å². The Bertz CT molecular complexity index is 604. The van der Waals surface area contributed by atoms with E-state index in [1.54, 1.807) is 11.1 Å². The standard InChI is InChI=1S/C20H23N/c1-2-8-16(9-3-1)17-12-6-14-21-15-7-13-20(21)19-11-5-4-10-18(17)19/h1-5,8-11,17,20H,6-7,12-15H2/t17-,20-/m1/s1. The van der Waals surface area contributed by atoms with Crippen molar-refractivity contribution in [2.75, 3.05) is 13.1 Å². The Balaban J connectivity index is 1.81. The maximum Gasteiger partial charge on any atom is 0.0351 e. The van der Waals surface area contributed by atoms with Gasteiger partial charge < -0.3 is 0 Å². The van der Waals surface area contributed by atoms with E-state index in [-0.39, 0.29) is 0 Å². The van der Waals surface area contributed by atoms with Crippen molar-refractivity contribution in [3.8, 4) is 0 Å². The van der Waals surface area contributed by atoms with E-state index in [0.717, 1.165) is 0 Å². The zero-order chi connectivity index (χ0) is 14.1. The maximum absolute atomic E-state index is 2.71. The summed E-state index contributed by atoms with van der Waals surface area (Å²) in [6, 6.07) is 20.9. The van der Waals surface area contributed by atoms with E-state index in [9.17, 15) is 0 Å². The van der Waals surface area contributed by atoms with Crippen molar-refractivity contribution >= 4 is 0 Å². The first-order valence-electron chi connectivity index (χ1n) is 8.31. The normalized spacial score (nSPS) is 25.7. The molecule has 2 aromatic carbocycles. The molecule has 0 saturated carbocycles. The predicted octanol–water partition coefficient (Wildman–Crippen LogP) is 4.75. The molecule has 1 heteroatoms. The van der Waals surface area contributed by atoms with Crippen LogP contribution in [0.25, 0.3) is 0 Å². The summed E-state index contributed by atoms with van der Waals surface area (Å²) >= 11 is 0. The zero-order valence-corrected chi connectivity index (χ0v) is 12.5. The lowest BCUT2D eigenvalue weighted by Crippen LogP contribution is -2.28. The first-order valence-corrected chi connectivity index (χ1v) is 8.31. The molecule has 0 bridgehead atoms. The lowest BCUT2D eigenvalue weighted by Gasteiger charge is -2.32. The molecule has 0 radical (unpaired) electrons. The average Bonchev–Trinajstić information content (AvgIpc) is 2.98. The number of hydrogen-bond donors (Lipinski definition) is 0. The van der Waals surface area contributed by atoms with Crippen molar-refractivity contribution in [2.45, 2.75) is 37.6 Å². The van der Waals surface area contributed by atoms with Crippen LogP contribution in [0, 0.1) is 0 Å². The van der Waals surface area contributed by atoms with Crippen molar-refractivity contribution in [1.29, 1.82) is 0 Å². The third kappa shape index (κ3) is 2.40. The van der Waals surface area contributed by atoms with Crippen LogP contribution in [0.3, 0.4) is 0 Å². The highest BCUT2D eigenvalue weighted by Crippen LogP contribution is 2.41. The Morgan fingerprint density at radius 1 is 0.714 bits per heavy atom. The highest BCUT2D eigenvalue weighted by Gasteiger charge is 2.31. The second-order valence-corrected chi connectivity index (χ2v) is 6.43. The average molecular weight is 277 g/mol. The lowest BCUT2D eigenvalue weighted by molar-refractivity contribution is 0.242. The molecule has 1 fully saturated rings. The van der Waals surface area contributed by atoms with Gasteiger partial charge in [0.2, 0.25) is 0 Å². The number of hydrogen-bond acceptors (Lipinski definition) is 1. The molecule has 1 saturated heterocycles. The second-order valence-electron chi connectivity index (χ2n) is 6.43. The van der Waals surface area contributed by atoms with Gasteiger partial charge in [0.25, 0.3) is 0 Å². The Morgan fingerprint density at radius 2 is 1.38 bits per heavy atom. The van der Waals surface area contributed by atoms with Crippen LogP contribution in [0.4, 0.5) is 0 Å². The van der Waals surface area contributed by atoms with Gasteiger partial charge in [0.15, 0.2) is 0 Å². The van der Waals surface area contributed by atoms with Crippen molar-refractivity contribution < 1.29 is 0 Å². The molecular weight excluding hydrogens is 254 g/mol. The van der Waals surface area contributed by atoms with Crippen LogP contribution in [0.15, 0.2) is 54.6 Å². The molecule has 21 heavy (non-hydrogen) atoms. The van der Waals surface area contributed by atoms with Gasteiger partial charge in [-0.05, 0) is 55.5 Å². The Labute approximate surface area is 127 Å². The smallest absolute Gasteiger partial charge is 0.0351 e. The molecule has 2 atom stereocenters. The molecular formula is C20H23N. The van der Waals surface area contributed by atoms with Crippen LogP contribution >= 0.6 is 0 Å². The van der Waals surface area contributed by atoms with Gasteiger partial charge in [0, 0.05) is 12.0 Å². The largest absolute Gasteiger partial charge is 0.296 e. The number of fused-ring (bicyclic) bond motifs is 3. The molecule has 0 N–H and O–H groups in total. The van der Waals surface area contributed by atoms with Gasteiger partial charge in [-0.2, -0.15) is 0 Å². The first-order chi connectivity index (χ1) is 10.4. The summed E-state index contributed by atoms with van der Waals surface area (Å²) in [6.45, 7) is 2.55. The maximum atomic E-state index is 2.71. The zero-order valence-electron chi connectivity index (χ0n) is 12.5. The molecule has 0 amide bonds. The minimum absolute atomic E-state index is 0.574. The van der Waals surface area contributed by atoms with E-state index < -0.39 is 0 Å². The van der Waals surface area contributed by atoms with E-state index in [4.69, 9.17) is 0 Å². The fourth-order valence-corrected chi connectivity index (χ4v) is 4.26. The van der Waals surface area contributed by atoms with Crippen molar-refractivity contribution in [3.05, 3.63) is 71.3 Å². The first kappa shape index (κ1) is 13.1. The van der Waals surface area contributed by atoms with E-state index in [2.05, 4.69) is 59.5 Å². The summed E-state index contributed by atoms with van der Waals surface area (Å²) in [5.74, 6) is 0.574. The monoisotopic (exact) mass is 277 g/mol. The van der Waals surface area contributed by atoms with Crippen LogP contribution in [-0.4, -0.2) is 18.0 Å². The van der Waals surface area contributed by atoms with E-state index in [1.165, 1.54) is 44.3 Å². The van der Waals surface area contributed by atoms with Crippen molar-refractivity contribution in [1.82, 2.24) is 4.90 Å². The Morgan fingerprint density at radius 3 is 2.19 bits per heavy atom. The molecule has 2 heterocycles. The van der Waals surface area contributed by atoms with Gasteiger partial charge in [-0.1, -0.05) is 54.6 Å². The van der Waals surface area contributed by atoms with Crippen LogP contribution in [0.2, 0.25) is 0 Å². The third-order valence-corrected chi connectivity index (χ3v) is 5.23. The molecule has 2 aromatic rings. The fraction of sp³-hybridized carbons (Fsp3) is 0.400. The number of nitrogens with zero attached hydrogens (tertiary/aromatic N) is 1. The second kappa shape index (κ2) is 5.65. The van der Waals surface area contributed by atoms with E-state index >= 15 is 0 Å². The topological polar surface area (TPSA) is 3.24 Å². The summed E-state index contributed by atoms with van der Waals surface area (Å²) in [7, 11) is 0. The summed E-state index contributed by atoms with van der Waals surface area (Å²) < 4.78 is 0. The fourth-order valence-electron chi connectivity index (χ4n) is 4.26. The highest BCUT2D eigenvalue weighted by atomic mass is 15.2. The van der Waals surface area contributed by atoms with Crippen LogP contribution in [-0.2, 0) is 0 Å². The van der Waals surface area contributed by atoms with Crippen molar-refractivity contribution in [3.63, 3.8) is 0 Å². The minimum atomic E-state index is 0.574. The quantitative estimate of drug-likeness (QED) is 0.727. The van der Waals surface area contributed by atoms with Gasteiger partial charge in [-0.3, -0.25) is 4.90 Å².